The lowest BCUT2D eigenvalue weighted by Gasteiger charge is -2.39. The fourth-order valence-electron chi connectivity index (χ4n) is 2.32. The van der Waals surface area contributed by atoms with E-state index in [1.54, 1.807) is 0 Å². The molecule has 1 aliphatic heterocycles. The molecule has 0 radical (unpaired) electrons. The number of rotatable bonds is 3. The summed E-state index contributed by atoms with van der Waals surface area (Å²) < 4.78 is 0. The number of piperidine rings is 1. The zero-order valence-corrected chi connectivity index (χ0v) is 10.4. The third-order valence-electron chi connectivity index (χ3n) is 3.21. The summed E-state index contributed by atoms with van der Waals surface area (Å²) in [5, 5.41) is 4.57. The summed E-state index contributed by atoms with van der Waals surface area (Å²) >= 11 is 1.82. The number of thiophene rings is 1. The van der Waals surface area contributed by atoms with E-state index in [2.05, 4.69) is 41.8 Å². The summed E-state index contributed by atoms with van der Waals surface area (Å²) in [5.41, 5.74) is 3.57. The van der Waals surface area contributed by atoms with Crippen LogP contribution >= 0.6 is 11.3 Å². The summed E-state index contributed by atoms with van der Waals surface area (Å²) in [4.78, 5) is 1.42. The van der Waals surface area contributed by atoms with Crippen LogP contribution in [0.25, 0.3) is 0 Å². The molecule has 0 amide bonds. The van der Waals surface area contributed by atoms with Crippen LogP contribution in [-0.2, 0) is 6.54 Å². The SMILES string of the molecule is CC1CCCC(C)N1NCc1cccs1. The van der Waals surface area contributed by atoms with Gasteiger partial charge in [0, 0.05) is 23.5 Å². The predicted molar refractivity (Wildman–Crippen MR) is 65.8 cm³/mol. The fraction of sp³-hybridized carbons (Fsp3) is 0.667. The molecule has 15 heavy (non-hydrogen) atoms. The van der Waals surface area contributed by atoms with Gasteiger partial charge in [-0.25, -0.2) is 10.4 Å². The third-order valence-corrected chi connectivity index (χ3v) is 4.09. The van der Waals surface area contributed by atoms with E-state index in [0.29, 0.717) is 12.1 Å². The highest BCUT2D eigenvalue weighted by Crippen LogP contribution is 2.20. The molecule has 1 N–H and O–H groups in total. The molecule has 2 unspecified atom stereocenters. The van der Waals surface area contributed by atoms with Gasteiger partial charge in [0.1, 0.15) is 0 Å². The summed E-state index contributed by atoms with van der Waals surface area (Å²) in [6, 6.07) is 5.66. The Hall–Kier alpha value is -0.380. The Balaban J connectivity index is 1.86. The van der Waals surface area contributed by atoms with Crippen molar-refractivity contribution in [2.75, 3.05) is 0 Å². The van der Waals surface area contributed by atoms with Gasteiger partial charge in [0.2, 0.25) is 0 Å². The van der Waals surface area contributed by atoms with Crippen LogP contribution in [0.3, 0.4) is 0 Å². The van der Waals surface area contributed by atoms with Crippen LogP contribution in [0.5, 0.6) is 0 Å². The second kappa shape index (κ2) is 5.10. The van der Waals surface area contributed by atoms with Crippen molar-refractivity contribution in [2.24, 2.45) is 0 Å². The molecule has 1 saturated heterocycles. The number of hydrazine groups is 1. The van der Waals surface area contributed by atoms with Crippen molar-refractivity contribution < 1.29 is 0 Å². The van der Waals surface area contributed by atoms with E-state index in [1.807, 2.05) is 11.3 Å². The van der Waals surface area contributed by atoms with Gasteiger partial charge in [-0.1, -0.05) is 12.5 Å². The van der Waals surface area contributed by atoms with Crippen molar-refractivity contribution in [3.8, 4) is 0 Å². The van der Waals surface area contributed by atoms with Crippen LogP contribution in [0.15, 0.2) is 17.5 Å². The molecule has 2 heterocycles. The van der Waals surface area contributed by atoms with Crippen molar-refractivity contribution in [1.82, 2.24) is 10.4 Å². The minimum absolute atomic E-state index is 0.675. The molecule has 1 aromatic heterocycles. The van der Waals surface area contributed by atoms with Crippen molar-refractivity contribution >= 4 is 11.3 Å². The highest BCUT2D eigenvalue weighted by atomic mass is 32.1. The normalized spacial score (nSPS) is 28.1. The van der Waals surface area contributed by atoms with E-state index >= 15 is 0 Å². The van der Waals surface area contributed by atoms with Crippen molar-refractivity contribution in [3.63, 3.8) is 0 Å². The number of nitrogens with zero attached hydrogens (tertiary/aromatic N) is 1. The Morgan fingerprint density at radius 2 is 2.13 bits per heavy atom. The van der Waals surface area contributed by atoms with E-state index in [4.69, 9.17) is 0 Å². The molecule has 0 bridgehead atoms. The maximum absolute atomic E-state index is 3.57. The Kier molecular flexibility index (Phi) is 3.78. The Morgan fingerprint density at radius 3 is 2.73 bits per heavy atom. The summed E-state index contributed by atoms with van der Waals surface area (Å²) in [6.45, 7) is 5.61. The molecule has 1 aromatic rings. The van der Waals surface area contributed by atoms with E-state index < -0.39 is 0 Å². The molecule has 0 aliphatic carbocycles. The summed E-state index contributed by atoms with van der Waals surface area (Å²) in [6.07, 6.45) is 4.02. The average molecular weight is 224 g/mol. The van der Waals surface area contributed by atoms with Gasteiger partial charge in [0.15, 0.2) is 0 Å². The minimum atomic E-state index is 0.675. The fourth-order valence-corrected chi connectivity index (χ4v) is 2.95. The topological polar surface area (TPSA) is 15.3 Å². The molecule has 84 valence electrons. The molecule has 1 aliphatic rings. The maximum atomic E-state index is 3.57. The summed E-state index contributed by atoms with van der Waals surface area (Å²) in [5.74, 6) is 0. The Labute approximate surface area is 96.3 Å². The first kappa shape index (κ1) is 11.1. The van der Waals surface area contributed by atoms with E-state index in [1.165, 1.54) is 24.1 Å². The minimum Gasteiger partial charge on any atom is -0.249 e. The third kappa shape index (κ3) is 2.80. The first-order valence-electron chi connectivity index (χ1n) is 5.81. The standard InChI is InChI=1S/C12H20N2S/c1-10-5-3-6-11(2)14(10)13-9-12-7-4-8-15-12/h4,7-8,10-11,13H,3,5-6,9H2,1-2H3. The number of hydrogen-bond donors (Lipinski definition) is 1. The average Bonchev–Trinajstić information content (AvgIpc) is 2.70. The number of hydrogen-bond acceptors (Lipinski definition) is 3. The van der Waals surface area contributed by atoms with Crippen LogP contribution in [0, 0.1) is 0 Å². The van der Waals surface area contributed by atoms with Crippen LogP contribution in [-0.4, -0.2) is 17.1 Å². The molecule has 2 nitrogen and oxygen atoms in total. The van der Waals surface area contributed by atoms with E-state index in [9.17, 15) is 0 Å². The first-order valence-corrected chi connectivity index (χ1v) is 6.69. The van der Waals surface area contributed by atoms with E-state index in [-0.39, 0.29) is 0 Å². The molecule has 2 rings (SSSR count). The maximum Gasteiger partial charge on any atom is 0.0447 e. The van der Waals surface area contributed by atoms with Crippen LogP contribution in [0.4, 0.5) is 0 Å². The number of nitrogens with one attached hydrogen (secondary N) is 1. The Bertz CT molecular complexity index is 274. The first-order chi connectivity index (χ1) is 7.27. The van der Waals surface area contributed by atoms with Gasteiger partial charge in [-0.15, -0.1) is 11.3 Å². The highest BCUT2D eigenvalue weighted by molar-refractivity contribution is 7.09. The van der Waals surface area contributed by atoms with E-state index in [0.717, 1.165) is 6.54 Å². The van der Waals surface area contributed by atoms with Crippen molar-refractivity contribution in [2.45, 2.75) is 51.7 Å². The van der Waals surface area contributed by atoms with Crippen LogP contribution < -0.4 is 5.43 Å². The zero-order chi connectivity index (χ0) is 10.7. The van der Waals surface area contributed by atoms with Crippen LogP contribution in [0.2, 0.25) is 0 Å². The van der Waals surface area contributed by atoms with Gasteiger partial charge in [-0.05, 0) is 38.1 Å². The monoisotopic (exact) mass is 224 g/mol. The second-order valence-electron chi connectivity index (χ2n) is 4.45. The lowest BCUT2D eigenvalue weighted by Crippen LogP contribution is -2.51. The molecule has 2 atom stereocenters. The molecule has 0 saturated carbocycles. The largest absolute Gasteiger partial charge is 0.249 e. The highest BCUT2D eigenvalue weighted by Gasteiger charge is 2.23. The van der Waals surface area contributed by atoms with Gasteiger partial charge < -0.3 is 0 Å². The van der Waals surface area contributed by atoms with Gasteiger partial charge in [-0.2, -0.15) is 0 Å². The Morgan fingerprint density at radius 1 is 1.40 bits per heavy atom. The van der Waals surface area contributed by atoms with Gasteiger partial charge >= 0.3 is 0 Å². The lowest BCUT2D eigenvalue weighted by atomic mass is 10.00. The molecule has 3 heteroatoms. The zero-order valence-electron chi connectivity index (χ0n) is 9.57. The predicted octanol–water partition coefficient (Wildman–Crippen LogP) is 3.02. The lowest BCUT2D eigenvalue weighted by molar-refractivity contribution is 0.0439. The molecule has 0 aromatic carbocycles. The quantitative estimate of drug-likeness (QED) is 0.849. The molecular formula is C12H20N2S. The summed E-state index contributed by atoms with van der Waals surface area (Å²) in [7, 11) is 0. The van der Waals surface area contributed by atoms with Crippen LogP contribution in [0.1, 0.15) is 38.0 Å². The van der Waals surface area contributed by atoms with Gasteiger partial charge in [-0.3, -0.25) is 0 Å². The molecule has 0 spiro atoms. The molecular weight excluding hydrogens is 204 g/mol. The van der Waals surface area contributed by atoms with Gasteiger partial charge in [0.05, 0.1) is 0 Å². The molecule has 1 fully saturated rings. The second-order valence-corrected chi connectivity index (χ2v) is 5.48. The smallest absolute Gasteiger partial charge is 0.0447 e. The van der Waals surface area contributed by atoms with Crippen molar-refractivity contribution in [1.29, 1.82) is 0 Å². The van der Waals surface area contributed by atoms with Crippen molar-refractivity contribution in [3.05, 3.63) is 22.4 Å². The van der Waals surface area contributed by atoms with Gasteiger partial charge in [0.25, 0.3) is 0 Å².